The highest BCUT2D eigenvalue weighted by Gasteiger charge is 2.34. The molecule has 0 fully saturated rings. The van der Waals surface area contributed by atoms with E-state index in [4.69, 9.17) is 5.73 Å². The number of ketones is 1. The molecule has 0 saturated heterocycles. The second kappa shape index (κ2) is 5.36. The molecule has 1 aromatic carbocycles. The predicted octanol–water partition coefficient (Wildman–Crippen LogP) is 2.91. The van der Waals surface area contributed by atoms with Gasteiger partial charge in [0, 0.05) is 23.6 Å². The van der Waals surface area contributed by atoms with Crippen LogP contribution >= 0.6 is 0 Å². The topological polar surface area (TPSA) is 43.1 Å². The number of hydrogen-bond donors (Lipinski definition) is 1. The maximum atomic E-state index is 13.1. The van der Waals surface area contributed by atoms with E-state index < -0.39 is 17.0 Å². The summed E-state index contributed by atoms with van der Waals surface area (Å²) < 4.78 is 26.1. The minimum absolute atomic E-state index is 0.0525. The standard InChI is InChI=1S/C13H17F2NO/c1-3-13(4-2,8-16)12(17)9-5-10(14)7-11(15)6-9/h5-7H,3-4,8,16H2,1-2H3. The SMILES string of the molecule is CCC(CC)(CN)C(=O)c1cc(F)cc(F)c1. The fraction of sp³-hybridized carbons (Fsp3) is 0.462. The smallest absolute Gasteiger partial charge is 0.170 e. The lowest BCUT2D eigenvalue weighted by Gasteiger charge is -2.28. The van der Waals surface area contributed by atoms with Gasteiger partial charge in [-0.15, -0.1) is 0 Å². The third-order valence-corrected chi connectivity index (χ3v) is 3.35. The fourth-order valence-corrected chi connectivity index (χ4v) is 1.94. The zero-order chi connectivity index (χ0) is 13.1. The van der Waals surface area contributed by atoms with E-state index in [9.17, 15) is 13.6 Å². The summed E-state index contributed by atoms with van der Waals surface area (Å²) in [4.78, 5) is 12.3. The largest absolute Gasteiger partial charge is 0.329 e. The Hall–Kier alpha value is -1.29. The van der Waals surface area contributed by atoms with E-state index in [-0.39, 0.29) is 17.9 Å². The fourth-order valence-electron chi connectivity index (χ4n) is 1.94. The molecule has 0 unspecified atom stereocenters. The van der Waals surface area contributed by atoms with Gasteiger partial charge in [-0.2, -0.15) is 0 Å². The average molecular weight is 241 g/mol. The molecule has 0 aliphatic rings. The van der Waals surface area contributed by atoms with Gasteiger partial charge < -0.3 is 5.73 Å². The van der Waals surface area contributed by atoms with Crippen LogP contribution in [-0.4, -0.2) is 12.3 Å². The molecule has 1 rings (SSSR count). The Bertz CT molecular complexity index is 385. The normalized spacial score (nSPS) is 11.6. The highest BCUT2D eigenvalue weighted by atomic mass is 19.1. The molecule has 0 amide bonds. The van der Waals surface area contributed by atoms with Crippen LogP contribution in [0.1, 0.15) is 37.0 Å². The van der Waals surface area contributed by atoms with Gasteiger partial charge in [0.05, 0.1) is 0 Å². The first-order valence-corrected chi connectivity index (χ1v) is 5.70. The van der Waals surface area contributed by atoms with Gasteiger partial charge >= 0.3 is 0 Å². The van der Waals surface area contributed by atoms with Gasteiger partial charge in [0.2, 0.25) is 0 Å². The Morgan fingerprint density at radius 1 is 1.18 bits per heavy atom. The highest BCUT2D eigenvalue weighted by Crippen LogP contribution is 2.30. The van der Waals surface area contributed by atoms with Crippen molar-refractivity contribution in [1.82, 2.24) is 0 Å². The van der Waals surface area contributed by atoms with Crippen molar-refractivity contribution < 1.29 is 13.6 Å². The Morgan fingerprint density at radius 3 is 2.00 bits per heavy atom. The molecule has 0 heterocycles. The quantitative estimate of drug-likeness (QED) is 0.805. The Morgan fingerprint density at radius 2 is 1.65 bits per heavy atom. The van der Waals surface area contributed by atoms with Gasteiger partial charge in [0.15, 0.2) is 5.78 Å². The molecule has 1 aromatic rings. The van der Waals surface area contributed by atoms with Crippen LogP contribution in [0.2, 0.25) is 0 Å². The van der Waals surface area contributed by atoms with Crippen LogP contribution in [-0.2, 0) is 0 Å². The number of rotatable bonds is 5. The molecule has 94 valence electrons. The Labute approximate surface area is 99.8 Å². The monoisotopic (exact) mass is 241 g/mol. The van der Waals surface area contributed by atoms with Crippen molar-refractivity contribution in [2.75, 3.05) is 6.54 Å². The summed E-state index contributed by atoms with van der Waals surface area (Å²) in [6.07, 6.45) is 1.11. The summed E-state index contributed by atoms with van der Waals surface area (Å²) in [6.45, 7) is 3.88. The molecule has 0 radical (unpaired) electrons. The summed E-state index contributed by atoms with van der Waals surface area (Å²) in [5, 5.41) is 0. The molecule has 2 nitrogen and oxygen atoms in total. The number of hydrogen-bond acceptors (Lipinski definition) is 2. The molecule has 2 N–H and O–H groups in total. The van der Waals surface area contributed by atoms with E-state index in [1.807, 2.05) is 13.8 Å². The van der Waals surface area contributed by atoms with E-state index in [0.29, 0.717) is 12.8 Å². The molecule has 17 heavy (non-hydrogen) atoms. The molecule has 0 spiro atoms. The predicted molar refractivity (Wildman–Crippen MR) is 62.8 cm³/mol. The van der Waals surface area contributed by atoms with E-state index in [2.05, 4.69) is 0 Å². The molecule has 4 heteroatoms. The Balaban J connectivity index is 3.18. The number of nitrogens with two attached hydrogens (primary N) is 1. The van der Waals surface area contributed by atoms with Gasteiger partial charge in [0.25, 0.3) is 0 Å². The number of Topliss-reactive ketones (excluding diaryl/α,β-unsaturated/α-hetero) is 1. The summed E-state index contributed by atoms with van der Waals surface area (Å²) in [5.74, 6) is -1.78. The maximum absolute atomic E-state index is 13.1. The lowest BCUT2D eigenvalue weighted by Crippen LogP contribution is -2.37. The summed E-state index contributed by atoms with van der Waals surface area (Å²) in [6, 6.07) is 2.86. The zero-order valence-corrected chi connectivity index (χ0v) is 10.1. The van der Waals surface area contributed by atoms with Gasteiger partial charge in [-0.3, -0.25) is 4.79 Å². The van der Waals surface area contributed by atoms with E-state index in [0.717, 1.165) is 18.2 Å². The van der Waals surface area contributed by atoms with Crippen molar-refractivity contribution in [3.05, 3.63) is 35.4 Å². The third-order valence-electron chi connectivity index (χ3n) is 3.35. The van der Waals surface area contributed by atoms with Crippen LogP contribution in [0.4, 0.5) is 8.78 Å². The highest BCUT2D eigenvalue weighted by molar-refractivity contribution is 6.00. The van der Waals surface area contributed by atoms with Crippen LogP contribution in [0.5, 0.6) is 0 Å². The van der Waals surface area contributed by atoms with Crippen molar-refractivity contribution in [2.24, 2.45) is 11.1 Å². The minimum atomic E-state index is -0.744. The summed E-state index contributed by atoms with van der Waals surface area (Å²) in [7, 11) is 0. The average Bonchev–Trinajstić information content (AvgIpc) is 2.30. The van der Waals surface area contributed by atoms with Crippen LogP contribution in [0, 0.1) is 17.0 Å². The number of carbonyl (C=O) groups excluding carboxylic acids is 1. The van der Waals surface area contributed by atoms with Gasteiger partial charge in [-0.1, -0.05) is 13.8 Å². The van der Waals surface area contributed by atoms with Crippen molar-refractivity contribution in [3.63, 3.8) is 0 Å². The number of benzene rings is 1. The van der Waals surface area contributed by atoms with Crippen LogP contribution in [0.3, 0.4) is 0 Å². The van der Waals surface area contributed by atoms with Gasteiger partial charge in [-0.25, -0.2) is 8.78 Å². The second-order valence-corrected chi connectivity index (χ2v) is 4.18. The molecular formula is C13H17F2NO. The van der Waals surface area contributed by atoms with Crippen molar-refractivity contribution in [1.29, 1.82) is 0 Å². The lowest BCUT2D eigenvalue weighted by atomic mass is 9.76. The Kier molecular flexibility index (Phi) is 4.34. The molecular weight excluding hydrogens is 224 g/mol. The number of halogens is 2. The molecule has 0 aliphatic carbocycles. The van der Waals surface area contributed by atoms with E-state index >= 15 is 0 Å². The summed E-state index contributed by atoms with van der Waals surface area (Å²) in [5.41, 5.74) is 4.97. The molecule has 0 atom stereocenters. The second-order valence-electron chi connectivity index (χ2n) is 4.18. The van der Waals surface area contributed by atoms with Gasteiger partial charge in [0.1, 0.15) is 11.6 Å². The molecule has 0 saturated carbocycles. The van der Waals surface area contributed by atoms with Crippen molar-refractivity contribution in [3.8, 4) is 0 Å². The zero-order valence-electron chi connectivity index (χ0n) is 10.1. The lowest BCUT2D eigenvalue weighted by molar-refractivity contribution is 0.0786. The van der Waals surface area contributed by atoms with E-state index in [1.165, 1.54) is 0 Å². The van der Waals surface area contributed by atoms with Crippen LogP contribution in [0.15, 0.2) is 18.2 Å². The first-order valence-electron chi connectivity index (χ1n) is 5.70. The van der Waals surface area contributed by atoms with Crippen molar-refractivity contribution >= 4 is 5.78 Å². The van der Waals surface area contributed by atoms with E-state index in [1.54, 1.807) is 0 Å². The molecule has 0 aliphatic heterocycles. The maximum Gasteiger partial charge on any atom is 0.170 e. The van der Waals surface area contributed by atoms with Crippen LogP contribution in [0.25, 0.3) is 0 Å². The van der Waals surface area contributed by atoms with Crippen molar-refractivity contribution in [2.45, 2.75) is 26.7 Å². The third kappa shape index (κ3) is 2.69. The number of carbonyl (C=O) groups is 1. The minimum Gasteiger partial charge on any atom is -0.329 e. The first-order chi connectivity index (χ1) is 7.99. The van der Waals surface area contributed by atoms with Crippen LogP contribution < -0.4 is 5.73 Å². The molecule has 0 aromatic heterocycles. The first kappa shape index (κ1) is 13.8. The molecule has 0 bridgehead atoms. The summed E-state index contributed by atoms with van der Waals surface area (Å²) >= 11 is 0. The van der Waals surface area contributed by atoms with Gasteiger partial charge in [-0.05, 0) is 25.0 Å².